The van der Waals surface area contributed by atoms with E-state index in [-0.39, 0.29) is 42.5 Å². The van der Waals surface area contributed by atoms with Crippen LogP contribution in [0.1, 0.15) is 25.8 Å². The molecule has 1 atom stereocenters. The van der Waals surface area contributed by atoms with Gasteiger partial charge in [0.15, 0.2) is 0 Å². The zero-order valence-corrected chi connectivity index (χ0v) is 21.3. The lowest BCUT2D eigenvalue weighted by Crippen LogP contribution is -2.40. The lowest BCUT2D eigenvalue weighted by molar-refractivity contribution is -0.127. The summed E-state index contributed by atoms with van der Waals surface area (Å²) < 4.78 is 0. The van der Waals surface area contributed by atoms with E-state index in [0.717, 1.165) is 46.7 Å². The van der Waals surface area contributed by atoms with Crippen molar-refractivity contribution in [1.82, 2.24) is 10.2 Å². The van der Waals surface area contributed by atoms with Crippen molar-refractivity contribution in [3.8, 4) is 0 Å². The summed E-state index contributed by atoms with van der Waals surface area (Å²) in [6.07, 6.45) is 1.86. The molecule has 0 saturated carbocycles. The van der Waals surface area contributed by atoms with E-state index in [1.807, 2.05) is 54.6 Å². The zero-order valence-electron chi connectivity index (χ0n) is 20.5. The van der Waals surface area contributed by atoms with Gasteiger partial charge in [0.2, 0.25) is 11.8 Å². The highest BCUT2D eigenvalue weighted by Gasteiger charge is 2.37. The van der Waals surface area contributed by atoms with Gasteiger partial charge in [-0.25, -0.2) is 0 Å². The Morgan fingerprint density at radius 3 is 2.42 bits per heavy atom. The van der Waals surface area contributed by atoms with Crippen LogP contribution in [0.4, 0.5) is 16.2 Å². The molecule has 2 aliphatic heterocycles. The van der Waals surface area contributed by atoms with E-state index in [1.54, 1.807) is 11.0 Å². The molecular weight excluding hydrogens is 476 g/mol. The highest BCUT2D eigenvalue weighted by Crippen LogP contribution is 2.32. The Balaban J connectivity index is 1.30. The molecule has 0 aliphatic carbocycles. The number of nitrogens with zero attached hydrogens (tertiary/aromatic N) is 3. The van der Waals surface area contributed by atoms with Crippen molar-refractivity contribution in [1.29, 1.82) is 0 Å². The van der Waals surface area contributed by atoms with Crippen molar-refractivity contribution < 1.29 is 19.2 Å². The van der Waals surface area contributed by atoms with Crippen molar-refractivity contribution in [3.05, 3.63) is 65.1 Å². The summed E-state index contributed by atoms with van der Waals surface area (Å²) in [4.78, 5) is 55.6. The van der Waals surface area contributed by atoms with Crippen LogP contribution in [-0.4, -0.2) is 60.6 Å². The van der Waals surface area contributed by atoms with Crippen LogP contribution < -0.4 is 15.1 Å². The highest BCUT2D eigenvalue weighted by atomic mass is 32.2. The Morgan fingerprint density at radius 1 is 1.06 bits per heavy atom. The molecule has 0 aromatic heterocycles. The molecule has 2 saturated heterocycles. The van der Waals surface area contributed by atoms with E-state index in [0.29, 0.717) is 11.4 Å². The average molecular weight is 507 g/mol. The average Bonchev–Trinajstić information content (AvgIpc) is 3.41. The van der Waals surface area contributed by atoms with Crippen molar-refractivity contribution >= 4 is 52.2 Å². The second kappa shape index (κ2) is 11.4. The largest absolute Gasteiger partial charge is 0.372 e. The number of carbonyl (C=O) groups excluding carboxylic acids is 4. The van der Waals surface area contributed by atoms with Gasteiger partial charge in [0, 0.05) is 50.5 Å². The quantitative estimate of drug-likeness (QED) is 0.521. The summed E-state index contributed by atoms with van der Waals surface area (Å²) >= 11 is 0.903. The van der Waals surface area contributed by atoms with Crippen LogP contribution in [0.25, 0.3) is 6.08 Å². The summed E-state index contributed by atoms with van der Waals surface area (Å²) in [6.45, 7) is 6.55. The van der Waals surface area contributed by atoms with E-state index in [1.165, 1.54) is 0 Å². The minimum absolute atomic E-state index is 0.0811. The summed E-state index contributed by atoms with van der Waals surface area (Å²) in [5.41, 5.74) is 2.72. The molecule has 188 valence electrons. The summed E-state index contributed by atoms with van der Waals surface area (Å²) in [5, 5.41) is 2.43. The first-order valence-corrected chi connectivity index (χ1v) is 13.0. The fraction of sp³-hybridized carbons (Fsp3) is 0.333. The third kappa shape index (κ3) is 5.62. The Morgan fingerprint density at radius 2 is 1.75 bits per heavy atom. The van der Waals surface area contributed by atoms with Crippen LogP contribution in [0.2, 0.25) is 0 Å². The van der Waals surface area contributed by atoms with Gasteiger partial charge in [0.25, 0.3) is 11.1 Å². The van der Waals surface area contributed by atoms with E-state index in [2.05, 4.69) is 24.1 Å². The van der Waals surface area contributed by atoms with Crippen LogP contribution in [-0.2, 0) is 14.4 Å². The van der Waals surface area contributed by atoms with E-state index in [9.17, 15) is 19.2 Å². The summed E-state index contributed by atoms with van der Waals surface area (Å²) in [7, 11) is 0. The van der Waals surface area contributed by atoms with Gasteiger partial charge in [-0.3, -0.25) is 24.1 Å². The van der Waals surface area contributed by atoms with Gasteiger partial charge in [-0.1, -0.05) is 30.3 Å². The Kier molecular flexibility index (Phi) is 8.10. The number of anilines is 2. The number of nitrogens with one attached hydrogen (secondary N) is 1. The maximum absolute atomic E-state index is 12.8. The number of rotatable bonds is 9. The molecule has 8 nitrogen and oxygen atoms in total. The van der Waals surface area contributed by atoms with Crippen molar-refractivity contribution in [3.63, 3.8) is 0 Å². The molecule has 2 aromatic carbocycles. The molecule has 4 rings (SSSR count). The Hall–Kier alpha value is -3.59. The fourth-order valence-electron chi connectivity index (χ4n) is 4.39. The van der Waals surface area contributed by atoms with Gasteiger partial charge in [-0.15, -0.1) is 0 Å². The van der Waals surface area contributed by atoms with Crippen LogP contribution >= 0.6 is 11.8 Å². The van der Waals surface area contributed by atoms with Crippen LogP contribution in [0.5, 0.6) is 0 Å². The maximum atomic E-state index is 12.8. The number of imide groups is 1. The molecule has 4 amide bonds. The molecule has 0 radical (unpaired) electrons. The summed E-state index contributed by atoms with van der Waals surface area (Å²) in [5.74, 6) is -1.18. The third-order valence-corrected chi connectivity index (χ3v) is 7.30. The smallest absolute Gasteiger partial charge is 0.293 e. The SMILES string of the molecule is CCN(CC)c1ccc(C=C2SC(=O)N(CCNC(=O)C3CC(=O)N(c4ccccc4)C3)C2=O)cc1. The van der Waals surface area contributed by atoms with Crippen LogP contribution in [0.3, 0.4) is 0 Å². The monoisotopic (exact) mass is 506 g/mol. The van der Waals surface area contributed by atoms with Crippen molar-refractivity contribution in [2.75, 3.05) is 42.5 Å². The Bertz CT molecular complexity index is 1160. The lowest BCUT2D eigenvalue weighted by atomic mass is 10.1. The molecule has 1 unspecified atom stereocenters. The molecular formula is C27H30N4O4S. The lowest BCUT2D eigenvalue weighted by Gasteiger charge is -2.20. The number of hydrogen-bond acceptors (Lipinski definition) is 6. The molecule has 0 spiro atoms. The molecule has 9 heteroatoms. The van der Waals surface area contributed by atoms with Gasteiger partial charge >= 0.3 is 0 Å². The molecule has 0 bridgehead atoms. The van der Waals surface area contributed by atoms with Gasteiger partial charge in [-0.05, 0) is 61.5 Å². The summed E-state index contributed by atoms with van der Waals surface area (Å²) in [6, 6.07) is 17.1. The second-order valence-corrected chi connectivity index (χ2v) is 9.62. The number of carbonyl (C=O) groups is 4. The third-order valence-electron chi connectivity index (χ3n) is 6.39. The van der Waals surface area contributed by atoms with Crippen molar-refractivity contribution in [2.24, 2.45) is 5.92 Å². The molecule has 36 heavy (non-hydrogen) atoms. The Labute approximate surface area is 215 Å². The van der Waals surface area contributed by atoms with Crippen LogP contribution in [0, 0.1) is 5.92 Å². The number of thioether (sulfide) groups is 1. The second-order valence-electron chi connectivity index (χ2n) is 8.63. The molecule has 2 aromatic rings. The molecule has 2 heterocycles. The van der Waals surface area contributed by atoms with E-state index < -0.39 is 5.92 Å². The van der Waals surface area contributed by atoms with Gasteiger partial charge in [0.1, 0.15) is 0 Å². The maximum Gasteiger partial charge on any atom is 0.293 e. The standard InChI is InChI=1S/C27H30N4O4S/c1-3-29(4-2)21-12-10-19(11-13-21)16-23-26(34)30(27(35)36-23)15-14-28-25(33)20-17-24(32)31(18-20)22-8-6-5-7-9-22/h5-13,16,20H,3-4,14-15,17-18H2,1-2H3,(H,28,33). The number of hydrogen-bond donors (Lipinski definition) is 1. The topological polar surface area (TPSA) is 90.0 Å². The first-order chi connectivity index (χ1) is 17.4. The normalized spacial score (nSPS) is 18.9. The zero-order chi connectivity index (χ0) is 25.7. The van der Waals surface area contributed by atoms with Crippen molar-refractivity contribution in [2.45, 2.75) is 20.3 Å². The number of para-hydroxylation sites is 1. The van der Waals surface area contributed by atoms with Gasteiger partial charge in [-0.2, -0.15) is 0 Å². The minimum atomic E-state index is -0.466. The number of amides is 4. The minimum Gasteiger partial charge on any atom is -0.372 e. The molecule has 1 N–H and O–H groups in total. The van der Waals surface area contributed by atoms with Crippen LogP contribution in [0.15, 0.2) is 59.5 Å². The highest BCUT2D eigenvalue weighted by molar-refractivity contribution is 8.18. The van der Waals surface area contributed by atoms with Gasteiger partial charge < -0.3 is 15.1 Å². The first-order valence-electron chi connectivity index (χ1n) is 12.1. The molecule has 2 aliphatic rings. The van der Waals surface area contributed by atoms with Gasteiger partial charge in [0.05, 0.1) is 10.8 Å². The van der Waals surface area contributed by atoms with E-state index in [4.69, 9.17) is 0 Å². The predicted octanol–water partition coefficient (Wildman–Crippen LogP) is 3.74. The number of benzene rings is 2. The van der Waals surface area contributed by atoms with E-state index >= 15 is 0 Å². The molecule has 2 fully saturated rings. The predicted molar refractivity (Wildman–Crippen MR) is 143 cm³/mol. The fourth-order valence-corrected chi connectivity index (χ4v) is 5.26. The first kappa shape index (κ1) is 25.5.